The Morgan fingerprint density at radius 1 is 1.26 bits per heavy atom. The van der Waals surface area contributed by atoms with E-state index in [1.165, 1.54) is 0 Å². The highest BCUT2D eigenvalue weighted by atomic mass is 16.2. The van der Waals surface area contributed by atoms with Crippen LogP contribution in [0.25, 0.3) is 0 Å². The number of rotatable bonds is 6. The zero-order valence-corrected chi connectivity index (χ0v) is 11.3. The smallest absolute Gasteiger partial charge is 0.253 e. The molecule has 19 heavy (non-hydrogen) atoms. The Bertz CT molecular complexity index is 446. The van der Waals surface area contributed by atoms with Gasteiger partial charge in [-0.15, -0.1) is 0 Å². The maximum absolute atomic E-state index is 11.9. The Hall–Kier alpha value is -1.92. The van der Waals surface area contributed by atoms with Crippen molar-refractivity contribution in [2.24, 2.45) is 5.73 Å². The van der Waals surface area contributed by atoms with Crippen molar-refractivity contribution >= 4 is 17.5 Å². The van der Waals surface area contributed by atoms with Crippen LogP contribution in [0.4, 0.5) is 5.69 Å². The van der Waals surface area contributed by atoms with Gasteiger partial charge in [0, 0.05) is 13.1 Å². The molecule has 6 nitrogen and oxygen atoms in total. The maximum Gasteiger partial charge on any atom is 0.253 e. The van der Waals surface area contributed by atoms with E-state index in [1.54, 1.807) is 43.3 Å². The van der Waals surface area contributed by atoms with E-state index in [1.807, 2.05) is 0 Å². The third-order valence-electron chi connectivity index (χ3n) is 2.34. The van der Waals surface area contributed by atoms with Crippen LogP contribution in [-0.4, -0.2) is 50.4 Å². The number of para-hydroxylation sites is 1. The standard InChI is InChI=1S/C13H20N4O2/c1-17(2)9-12(18)16-11-6-4-3-5-10(11)13(19)15-8-7-14/h3-6H,7-9,14H2,1-2H3,(H,15,19)(H,16,18). The number of nitrogens with zero attached hydrogens (tertiary/aromatic N) is 1. The summed E-state index contributed by atoms with van der Waals surface area (Å²) in [5, 5.41) is 5.40. The molecule has 0 fully saturated rings. The number of hydrogen-bond acceptors (Lipinski definition) is 4. The summed E-state index contributed by atoms with van der Waals surface area (Å²) in [6.45, 7) is 1.04. The first-order valence-electron chi connectivity index (χ1n) is 6.06. The number of nitrogens with two attached hydrogens (primary N) is 1. The van der Waals surface area contributed by atoms with Crippen molar-refractivity contribution in [2.45, 2.75) is 0 Å². The van der Waals surface area contributed by atoms with E-state index in [0.29, 0.717) is 24.3 Å². The summed E-state index contributed by atoms with van der Waals surface area (Å²) >= 11 is 0. The number of carbonyl (C=O) groups is 2. The van der Waals surface area contributed by atoms with Gasteiger partial charge >= 0.3 is 0 Å². The van der Waals surface area contributed by atoms with Crippen molar-refractivity contribution in [3.05, 3.63) is 29.8 Å². The lowest BCUT2D eigenvalue weighted by atomic mass is 10.1. The number of carbonyl (C=O) groups excluding carboxylic acids is 2. The summed E-state index contributed by atoms with van der Waals surface area (Å²) in [5.41, 5.74) is 6.28. The molecule has 0 saturated heterocycles. The van der Waals surface area contributed by atoms with Crippen molar-refractivity contribution in [3.8, 4) is 0 Å². The average Bonchev–Trinajstić information content (AvgIpc) is 2.35. The highest BCUT2D eigenvalue weighted by Crippen LogP contribution is 2.14. The lowest BCUT2D eigenvalue weighted by molar-refractivity contribution is -0.116. The first-order chi connectivity index (χ1) is 9.04. The molecule has 0 heterocycles. The summed E-state index contributed by atoms with van der Waals surface area (Å²) < 4.78 is 0. The van der Waals surface area contributed by atoms with Crippen LogP contribution in [0, 0.1) is 0 Å². The predicted molar refractivity (Wildman–Crippen MR) is 75.0 cm³/mol. The zero-order valence-electron chi connectivity index (χ0n) is 11.3. The van der Waals surface area contributed by atoms with Crippen LogP contribution in [0.1, 0.15) is 10.4 Å². The maximum atomic E-state index is 11.9. The number of amides is 2. The van der Waals surface area contributed by atoms with E-state index in [9.17, 15) is 9.59 Å². The van der Waals surface area contributed by atoms with Crippen molar-refractivity contribution < 1.29 is 9.59 Å². The molecule has 2 amide bonds. The topological polar surface area (TPSA) is 87.5 Å². The molecule has 1 aromatic carbocycles. The number of nitrogens with one attached hydrogen (secondary N) is 2. The minimum Gasteiger partial charge on any atom is -0.351 e. The monoisotopic (exact) mass is 264 g/mol. The Kier molecular flexibility index (Phi) is 5.98. The Morgan fingerprint density at radius 2 is 1.95 bits per heavy atom. The summed E-state index contributed by atoms with van der Waals surface area (Å²) in [5.74, 6) is -0.407. The van der Waals surface area contributed by atoms with Crippen molar-refractivity contribution in [1.29, 1.82) is 0 Å². The summed E-state index contributed by atoms with van der Waals surface area (Å²) in [6, 6.07) is 6.88. The molecule has 0 aliphatic rings. The summed E-state index contributed by atoms with van der Waals surface area (Å²) in [6.07, 6.45) is 0. The molecule has 1 aromatic rings. The largest absolute Gasteiger partial charge is 0.351 e. The molecule has 0 atom stereocenters. The quantitative estimate of drug-likeness (QED) is 0.668. The molecular formula is C13H20N4O2. The van der Waals surface area contributed by atoms with Crippen molar-refractivity contribution in [3.63, 3.8) is 0 Å². The molecule has 4 N–H and O–H groups in total. The molecule has 104 valence electrons. The number of anilines is 1. The van der Waals surface area contributed by atoms with Gasteiger partial charge in [-0.05, 0) is 26.2 Å². The van der Waals surface area contributed by atoms with E-state index in [2.05, 4.69) is 10.6 Å². The predicted octanol–water partition coefficient (Wildman–Crippen LogP) is -0.125. The molecule has 0 spiro atoms. The van der Waals surface area contributed by atoms with E-state index in [4.69, 9.17) is 5.73 Å². The lowest BCUT2D eigenvalue weighted by Crippen LogP contribution is -2.31. The van der Waals surface area contributed by atoms with Gasteiger partial charge in [-0.1, -0.05) is 12.1 Å². The van der Waals surface area contributed by atoms with Crippen LogP contribution in [0.3, 0.4) is 0 Å². The lowest BCUT2D eigenvalue weighted by Gasteiger charge is -2.13. The second-order valence-corrected chi connectivity index (χ2v) is 4.38. The zero-order chi connectivity index (χ0) is 14.3. The number of benzene rings is 1. The van der Waals surface area contributed by atoms with Crippen LogP contribution in [0.15, 0.2) is 24.3 Å². The van der Waals surface area contributed by atoms with Gasteiger partial charge < -0.3 is 21.3 Å². The third-order valence-corrected chi connectivity index (χ3v) is 2.34. The van der Waals surface area contributed by atoms with Gasteiger partial charge in [-0.3, -0.25) is 9.59 Å². The highest BCUT2D eigenvalue weighted by Gasteiger charge is 2.12. The van der Waals surface area contributed by atoms with Crippen LogP contribution < -0.4 is 16.4 Å². The molecule has 0 unspecified atom stereocenters. The minimum atomic E-state index is -0.244. The summed E-state index contributed by atoms with van der Waals surface area (Å²) in [7, 11) is 3.61. The van der Waals surface area contributed by atoms with Gasteiger partial charge in [-0.2, -0.15) is 0 Å². The number of hydrogen-bond donors (Lipinski definition) is 3. The van der Waals surface area contributed by atoms with Gasteiger partial charge in [0.15, 0.2) is 0 Å². The van der Waals surface area contributed by atoms with Crippen LogP contribution in [-0.2, 0) is 4.79 Å². The van der Waals surface area contributed by atoms with Gasteiger partial charge in [-0.25, -0.2) is 0 Å². The molecular weight excluding hydrogens is 244 g/mol. The molecule has 0 saturated carbocycles. The molecule has 0 aromatic heterocycles. The first-order valence-corrected chi connectivity index (χ1v) is 6.06. The molecule has 0 radical (unpaired) electrons. The molecule has 6 heteroatoms. The van der Waals surface area contributed by atoms with Gasteiger partial charge in [0.05, 0.1) is 17.8 Å². The fraction of sp³-hybridized carbons (Fsp3) is 0.385. The SMILES string of the molecule is CN(C)CC(=O)Nc1ccccc1C(=O)NCCN. The van der Waals surface area contributed by atoms with Gasteiger partial charge in [0.2, 0.25) is 5.91 Å². The first kappa shape index (κ1) is 15.1. The van der Waals surface area contributed by atoms with E-state index >= 15 is 0 Å². The molecule has 1 rings (SSSR count). The normalized spacial score (nSPS) is 10.3. The Labute approximate surface area is 113 Å². The fourth-order valence-electron chi connectivity index (χ4n) is 1.55. The molecule has 0 aliphatic heterocycles. The second-order valence-electron chi connectivity index (χ2n) is 4.38. The van der Waals surface area contributed by atoms with E-state index < -0.39 is 0 Å². The van der Waals surface area contributed by atoms with Crippen LogP contribution >= 0.6 is 0 Å². The van der Waals surface area contributed by atoms with Crippen LogP contribution in [0.5, 0.6) is 0 Å². The van der Waals surface area contributed by atoms with Gasteiger partial charge in [0.25, 0.3) is 5.91 Å². The fourth-order valence-corrected chi connectivity index (χ4v) is 1.55. The Morgan fingerprint density at radius 3 is 2.58 bits per heavy atom. The third kappa shape index (κ3) is 5.07. The highest BCUT2D eigenvalue weighted by molar-refractivity contribution is 6.04. The minimum absolute atomic E-state index is 0.163. The Balaban J connectivity index is 2.78. The summed E-state index contributed by atoms with van der Waals surface area (Å²) in [4.78, 5) is 25.4. The van der Waals surface area contributed by atoms with E-state index in [0.717, 1.165) is 0 Å². The molecule has 0 bridgehead atoms. The van der Waals surface area contributed by atoms with Crippen molar-refractivity contribution in [1.82, 2.24) is 10.2 Å². The number of likely N-dealkylation sites (N-methyl/N-ethyl adjacent to an activating group) is 1. The second kappa shape index (κ2) is 7.50. The van der Waals surface area contributed by atoms with Gasteiger partial charge in [0.1, 0.15) is 0 Å². The van der Waals surface area contributed by atoms with E-state index in [-0.39, 0.29) is 18.4 Å². The average molecular weight is 264 g/mol. The van der Waals surface area contributed by atoms with Crippen molar-refractivity contribution in [2.75, 3.05) is 39.0 Å². The van der Waals surface area contributed by atoms with Crippen LogP contribution in [0.2, 0.25) is 0 Å². The molecule has 0 aliphatic carbocycles.